The SMILES string of the molecule is CN(CC1(O)CCOCC1)C(=O)NC[C@@]1(C)CCCc2ccccc21. The van der Waals surface area contributed by atoms with Gasteiger partial charge >= 0.3 is 6.03 Å². The molecule has 0 spiro atoms. The van der Waals surface area contributed by atoms with Crippen molar-refractivity contribution < 1.29 is 14.6 Å². The average molecular weight is 346 g/mol. The van der Waals surface area contributed by atoms with Crippen molar-refractivity contribution in [3.8, 4) is 0 Å². The second kappa shape index (κ2) is 7.34. The zero-order chi connectivity index (χ0) is 17.9. The first kappa shape index (κ1) is 18.2. The first-order valence-electron chi connectivity index (χ1n) is 9.29. The Labute approximate surface area is 150 Å². The summed E-state index contributed by atoms with van der Waals surface area (Å²) < 4.78 is 5.30. The van der Waals surface area contributed by atoms with Crippen LogP contribution in [0, 0.1) is 0 Å². The molecule has 1 aromatic carbocycles. The smallest absolute Gasteiger partial charge is 0.317 e. The van der Waals surface area contributed by atoms with Gasteiger partial charge in [0.25, 0.3) is 0 Å². The quantitative estimate of drug-likeness (QED) is 0.880. The lowest BCUT2D eigenvalue weighted by atomic mass is 9.71. The number of fused-ring (bicyclic) bond motifs is 1. The summed E-state index contributed by atoms with van der Waals surface area (Å²) in [6.45, 7) is 4.31. The Bertz CT molecular complexity index is 613. The Morgan fingerprint density at radius 3 is 2.76 bits per heavy atom. The summed E-state index contributed by atoms with van der Waals surface area (Å²) in [6, 6.07) is 8.43. The van der Waals surface area contributed by atoms with Gasteiger partial charge in [0.2, 0.25) is 0 Å². The summed E-state index contributed by atoms with van der Waals surface area (Å²) in [6.07, 6.45) is 4.51. The molecule has 25 heavy (non-hydrogen) atoms. The van der Waals surface area contributed by atoms with E-state index < -0.39 is 5.60 Å². The molecule has 0 unspecified atom stereocenters. The highest BCUT2D eigenvalue weighted by atomic mass is 16.5. The van der Waals surface area contributed by atoms with Gasteiger partial charge < -0.3 is 20.1 Å². The van der Waals surface area contributed by atoms with Crippen LogP contribution in [0.5, 0.6) is 0 Å². The van der Waals surface area contributed by atoms with Crippen LogP contribution in [-0.2, 0) is 16.6 Å². The van der Waals surface area contributed by atoms with Crippen molar-refractivity contribution in [3.05, 3.63) is 35.4 Å². The predicted octanol–water partition coefficient (Wildman–Crippen LogP) is 2.46. The summed E-state index contributed by atoms with van der Waals surface area (Å²) in [4.78, 5) is 14.1. The average Bonchev–Trinajstić information content (AvgIpc) is 2.60. The Balaban J connectivity index is 1.58. The van der Waals surface area contributed by atoms with E-state index in [0.717, 1.165) is 19.3 Å². The Morgan fingerprint density at radius 1 is 1.28 bits per heavy atom. The molecule has 2 N–H and O–H groups in total. The third-order valence-electron chi connectivity index (χ3n) is 5.77. The first-order chi connectivity index (χ1) is 11.9. The molecule has 0 saturated carbocycles. The molecule has 2 aliphatic rings. The predicted molar refractivity (Wildman–Crippen MR) is 97.8 cm³/mol. The maximum Gasteiger partial charge on any atom is 0.317 e. The fourth-order valence-electron chi connectivity index (χ4n) is 4.14. The highest BCUT2D eigenvalue weighted by Crippen LogP contribution is 2.36. The summed E-state index contributed by atoms with van der Waals surface area (Å²) in [7, 11) is 1.75. The monoisotopic (exact) mass is 346 g/mol. The number of carbonyl (C=O) groups excluding carboxylic acids is 1. The van der Waals surface area contributed by atoms with Crippen molar-refractivity contribution in [1.82, 2.24) is 10.2 Å². The molecule has 1 aliphatic heterocycles. The number of benzene rings is 1. The highest BCUT2D eigenvalue weighted by Gasteiger charge is 2.34. The fourth-order valence-corrected chi connectivity index (χ4v) is 4.14. The number of nitrogens with zero attached hydrogens (tertiary/aromatic N) is 1. The molecule has 1 saturated heterocycles. The van der Waals surface area contributed by atoms with Crippen molar-refractivity contribution in [2.24, 2.45) is 0 Å². The van der Waals surface area contributed by atoms with Gasteiger partial charge in [-0.1, -0.05) is 31.2 Å². The zero-order valence-electron chi connectivity index (χ0n) is 15.4. The lowest BCUT2D eigenvalue weighted by Crippen LogP contribution is -2.51. The molecule has 1 heterocycles. The number of hydrogen-bond donors (Lipinski definition) is 2. The van der Waals surface area contributed by atoms with Crippen LogP contribution in [-0.4, -0.2) is 55.0 Å². The molecule has 0 radical (unpaired) electrons. The molecular formula is C20H30N2O3. The standard InChI is InChI=1S/C20H30N2O3/c1-19(9-5-7-16-6-3-4-8-17(16)19)14-21-18(23)22(2)15-20(24)10-12-25-13-11-20/h3-4,6,8,24H,5,7,9-15H2,1-2H3,(H,21,23)/t19-/m1/s1. The van der Waals surface area contributed by atoms with Gasteiger partial charge in [-0.3, -0.25) is 0 Å². The number of nitrogens with one attached hydrogen (secondary N) is 1. The molecule has 1 aromatic rings. The van der Waals surface area contributed by atoms with E-state index in [4.69, 9.17) is 4.74 Å². The number of aryl methyl sites for hydroxylation is 1. The van der Waals surface area contributed by atoms with Gasteiger partial charge in [0, 0.05) is 45.1 Å². The zero-order valence-corrected chi connectivity index (χ0v) is 15.4. The Morgan fingerprint density at radius 2 is 2.00 bits per heavy atom. The molecule has 3 rings (SSSR count). The van der Waals surface area contributed by atoms with E-state index in [9.17, 15) is 9.90 Å². The number of hydrogen-bond acceptors (Lipinski definition) is 3. The van der Waals surface area contributed by atoms with Crippen molar-refractivity contribution in [3.63, 3.8) is 0 Å². The topological polar surface area (TPSA) is 61.8 Å². The van der Waals surface area contributed by atoms with Crippen LogP contribution >= 0.6 is 0 Å². The van der Waals surface area contributed by atoms with Crippen molar-refractivity contribution in [2.45, 2.75) is 50.0 Å². The van der Waals surface area contributed by atoms with E-state index in [1.807, 2.05) is 0 Å². The Hall–Kier alpha value is -1.59. The number of amides is 2. The van der Waals surface area contributed by atoms with E-state index in [1.165, 1.54) is 11.1 Å². The van der Waals surface area contributed by atoms with E-state index in [-0.39, 0.29) is 11.4 Å². The number of rotatable bonds is 4. The van der Waals surface area contributed by atoms with Crippen molar-refractivity contribution in [1.29, 1.82) is 0 Å². The van der Waals surface area contributed by atoms with E-state index in [1.54, 1.807) is 11.9 Å². The summed E-state index contributed by atoms with van der Waals surface area (Å²) in [5.74, 6) is 0. The minimum atomic E-state index is -0.828. The van der Waals surface area contributed by atoms with Gasteiger partial charge in [-0.25, -0.2) is 4.79 Å². The van der Waals surface area contributed by atoms with Crippen LogP contribution in [0.3, 0.4) is 0 Å². The third-order valence-corrected chi connectivity index (χ3v) is 5.77. The third kappa shape index (κ3) is 4.15. The highest BCUT2D eigenvalue weighted by molar-refractivity contribution is 5.74. The van der Waals surface area contributed by atoms with Crippen LogP contribution in [0.15, 0.2) is 24.3 Å². The normalized spacial score (nSPS) is 25.1. The summed E-state index contributed by atoms with van der Waals surface area (Å²) in [5.41, 5.74) is 1.90. The summed E-state index contributed by atoms with van der Waals surface area (Å²) >= 11 is 0. The molecular weight excluding hydrogens is 316 g/mol. The van der Waals surface area contributed by atoms with Crippen molar-refractivity contribution in [2.75, 3.05) is 33.4 Å². The van der Waals surface area contributed by atoms with Gasteiger partial charge in [0.05, 0.1) is 12.1 Å². The van der Waals surface area contributed by atoms with Gasteiger partial charge in [-0.05, 0) is 30.4 Å². The minimum Gasteiger partial charge on any atom is -0.388 e. The number of likely N-dealkylation sites (N-methyl/N-ethyl adjacent to an activating group) is 1. The molecule has 0 bridgehead atoms. The maximum atomic E-state index is 12.5. The molecule has 138 valence electrons. The lowest BCUT2D eigenvalue weighted by Gasteiger charge is -2.38. The van der Waals surface area contributed by atoms with Gasteiger partial charge in [0.1, 0.15) is 0 Å². The molecule has 1 atom stereocenters. The van der Waals surface area contributed by atoms with E-state index in [2.05, 4.69) is 36.5 Å². The number of ether oxygens (including phenoxy) is 1. The molecule has 1 fully saturated rings. The second-order valence-corrected chi connectivity index (χ2v) is 7.92. The van der Waals surface area contributed by atoms with E-state index >= 15 is 0 Å². The number of aliphatic hydroxyl groups is 1. The number of urea groups is 1. The van der Waals surface area contributed by atoms with Crippen LogP contribution in [0.4, 0.5) is 4.79 Å². The molecule has 5 heteroatoms. The Kier molecular flexibility index (Phi) is 5.35. The van der Waals surface area contributed by atoms with Crippen LogP contribution < -0.4 is 5.32 Å². The first-order valence-corrected chi connectivity index (χ1v) is 9.29. The molecule has 1 aliphatic carbocycles. The van der Waals surface area contributed by atoms with Crippen molar-refractivity contribution >= 4 is 6.03 Å². The molecule has 0 aromatic heterocycles. The van der Waals surface area contributed by atoms with Gasteiger partial charge in [-0.2, -0.15) is 0 Å². The molecule has 5 nitrogen and oxygen atoms in total. The van der Waals surface area contributed by atoms with Crippen LogP contribution in [0.2, 0.25) is 0 Å². The summed E-state index contributed by atoms with van der Waals surface area (Å²) in [5, 5.41) is 13.7. The van der Waals surface area contributed by atoms with Gasteiger partial charge in [-0.15, -0.1) is 0 Å². The van der Waals surface area contributed by atoms with Crippen LogP contribution in [0.1, 0.15) is 43.7 Å². The maximum absolute atomic E-state index is 12.5. The number of carbonyl (C=O) groups is 1. The minimum absolute atomic E-state index is 0.0269. The largest absolute Gasteiger partial charge is 0.388 e. The molecule has 2 amide bonds. The van der Waals surface area contributed by atoms with E-state index in [0.29, 0.717) is 39.1 Å². The fraction of sp³-hybridized carbons (Fsp3) is 0.650. The van der Waals surface area contributed by atoms with Gasteiger partial charge in [0.15, 0.2) is 0 Å². The second-order valence-electron chi connectivity index (χ2n) is 7.92. The van der Waals surface area contributed by atoms with Crippen LogP contribution in [0.25, 0.3) is 0 Å². The lowest BCUT2D eigenvalue weighted by molar-refractivity contribution is -0.0722.